The van der Waals surface area contributed by atoms with Gasteiger partial charge in [-0.1, -0.05) is 24.3 Å². The molecule has 0 radical (unpaired) electrons. The van der Waals surface area contributed by atoms with E-state index in [-0.39, 0.29) is 12.5 Å². The Morgan fingerprint density at radius 3 is 2.57 bits per heavy atom. The summed E-state index contributed by atoms with van der Waals surface area (Å²) in [6.45, 7) is -0.238. The molecule has 0 aliphatic carbocycles. The fourth-order valence-corrected chi connectivity index (χ4v) is 3.14. The van der Waals surface area contributed by atoms with Crippen LogP contribution in [-0.2, 0) is 9.53 Å². The molecule has 1 amide bonds. The summed E-state index contributed by atoms with van der Waals surface area (Å²) in [7, 11) is 2.82. The Kier molecular flexibility index (Phi) is 5.26. The zero-order valence-corrected chi connectivity index (χ0v) is 16.4. The first-order valence-electron chi connectivity index (χ1n) is 9.19. The lowest BCUT2D eigenvalue weighted by Gasteiger charge is -2.11. The number of furan rings is 1. The lowest BCUT2D eigenvalue weighted by Crippen LogP contribution is -2.14. The molecule has 0 saturated carbocycles. The molecular formula is C23H19NO6. The number of hydrogen-bond acceptors (Lipinski definition) is 6. The summed E-state index contributed by atoms with van der Waals surface area (Å²) in [5.41, 5.74) is 2.25. The molecule has 1 heterocycles. The molecule has 0 atom stereocenters. The molecule has 4 aromatic rings. The van der Waals surface area contributed by atoms with Crippen LogP contribution in [0.2, 0.25) is 0 Å². The van der Waals surface area contributed by atoms with Gasteiger partial charge in [0.05, 0.1) is 19.9 Å². The SMILES string of the molecule is COC(=O)COc1cccc(C(=O)Nc2cc3oc4ccccc4c3cc2OC)c1. The van der Waals surface area contributed by atoms with E-state index >= 15 is 0 Å². The van der Waals surface area contributed by atoms with Gasteiger partial charge in [-0.15, -0.1) is 0 Å². The van der Waals surface area contributed by atoms with E-state index in [4.69, 9.17) is 13.9 Å². The van der Waals surface area contributed by atoms with E-state index in [1.165, 1.54) is 7.11 Å². The number of nitrogens with one attached hydrogen (secondary N) is 1. The second-order valence-corrected chi connectivity index (χ2v) is 6.49. The van der Waals surface area contributed by atoms with Gasteiger partial charge in [-0.25, -0.2) is 4.79 Å². The van der Waals surface area contributed by atoms with Gasteiger partial charge in [0.1, 0.15) is 22.7 Å². The molecule has 0 aliphatic heterocycles. The largest absolute Gasteiger partial charge is 0.495 e. The third kappa shape index (κ3) is 3.77. The van der Waals surface area contributed by atoms with Gasteiger partial charge in [-0.2, -0.15) is 0 Å². The second kappa shape index (κ2) is 8.16. The lowest BCUT2D eigenvalue weighted by atomic mass is 10.1. The summed E-state index contributed by atoms with van der Waals surface area (Å²) in [6, 6.07) is 17.8. The smallest absolute Gasteiger partial charge is 0.343 e. The maximum Gasteiger partial charge on any atom is 0.343 e. The third-order valence-electron chi connectivity index (χ3n) is 4.63. The first-order valence-corrected chi connectivity index (χ1v) is 9.19. The highest BCUT2D eigenvalue weighted by Gasteiger charge is 2.15. The van der Waals surface area contributed by atoms with Crippen molar-refractivity contribution in [2.24, 2.45) is 0 Å². The summed E-state index contributed by atoms with van der Waals surface area (Å²) in [5.74, 6) is 0.0363. The normalized spacial score (nSPS) is 10.7. The van der Waals surface area contributed by atoms with E-state index in [9.17, 15) is 9.59 Å². The maximum absolute atomic E-state index is 12.8. The van der Waals surface area contributed by atoms with Crippen LogP contribution in [0.15, 0.2) is 65.1 Å². The van der Waals surface area contributed by atoms with Gasteiger partial charge >= 0.3 is 5.97 Å². The summed E-state index contributed by atoms with van der Waals surface area (Å²) in [6.07, 6.45) is 0. The first kappa shape index (κ1) is 19.3. The molecule has 152 valence electrons. The van der Waals surface area contributed by atoms with E-state index in [0.717, 1.165) is 16.4 Å². The van der Waals surface area contributed by atoms with Gasteiger partial charge in [-0.05, 0) is 30.3 Å². The van der Waals surface area contributed by atoms with Crippen LogP contribution in [0.4, 0.5) is 5.69 Å². The number of benzene rings is 3. The van der Waals surface area contributed by atoms with E-state index in [1.807, 2.05) is 30.3 Å². The predicted octanol–water partition coefficient (Wildman–Crippen LogP) is 4.40. The average molecular weight is 405 g/mol. The van der Waals surface area contributed by atoms with Crippen LogP contribution in [-0.4, -0.2) is 32.7 Å². The van der Waals surface area contributed by atoms with Gasteiger partial charge in [0, 0.05) is 22.4 Å². The van der Waals surface area contributed by atoms with Crippen LogP contribution in [0.1, 0.15) is 10.4 Å². The number of carbonyl (C=O) groups excluding carboxylic acids is 2. The van der Waals surface area contributed by atoms with Crippen molar-refractivity contribution < 1.29 is 28.2 Å². The Morgan fingerprint density at radius 1 is 0.933 bits per heavy atom. The molecule has 7 heteroatoms. The number of ether oxygens (including phenoxy) is 3. The Bertz CT molecular complexity index is 1240. The van der Waals surface area contributed by atoms with Crippen LogP contribution < -0.4 is 14.8 Å². The summed E-state index contributed by atoms with van der Waals surface area (Å²) in [5, 5.41) is 4.72. The maximum atomic E-state index is 12.8. The third-order valence-corrected chi connectivity index (χ3v) is 4.63. The van der Waals surface area contributed by atoms with Gasteiger partial charge < -0.3 is 23.9 Å². The molecule has 0 aliphatic rings. The Morgan fingerprint density at radius 2 is 1.77 bits per heavy atom. The van der Waals surface area contributed by atoms with Crippen LogP contribution in [0, 0.1) is 0 Å². The fourth-order valence-electron chi connectivity index (χ4n) is 3.14. The van der Waals surface area contributed by atoms with Crippen molar-refractivity contribution in [3.63, 3.8) is 0 Å². The molecule has 0 saturated heterocycles. The van der Waals surface area contributed by atoms with Gasteiger partial charge in [-0.3, -0.25) is 4.79 Å². The van der Waals surface area contributed by atoms with Crippen LogP contribution in [0.5, 0.6) is 11.5 Å². The number of fused-ring (bicyclic) bond motifs is 3. The molecule has 0 unspecified atom stereocenters. The Balaban J connectivity index is 1.61. The topological polar surface area (TPSA) is 87.0 Å². The first-order chi connectivity index (χ1) is 14.6. The minimum atomic E-state index is -0.506. The number of esters is 1. The number of carbonyl (C=O) groups is 2. The molecule has 0 fully saturated rings. The standard InChI is InChI=1S/C23H19NO6/c1-27-21-11-17-16-8-3-4-9-19(16)30-20(17)12-18(21)24-23(26)14-6-5-7-15(10-14)29-13-22(25)28-2/h3-12H,13H2,1-2H3,(H,24,26). The predicted molar refractivity (Wildman–Crippen MR) is 112 cm³/mol. The van der Waals surface area contributed by atoms with E-state index in [0.29, 0.717) is 28.3 Å². The summed E-state index contributed by atoms with van der Waals surface area (Å²) < 4.78 is 21.3. The minimum absolute atomic E-state index is 0.238. The number of amides is 1. The summed E-state index contributed by atoms with van der Waals surface area (Å²) >= 11 is 0. The van der Waals surface area contributed by atoms with E-state index in [1.54, 1.807) is 37.4 Å². The molecular weight excluding hydrogens is 386 g/mol. The quantitative estimate of drug-likeness (QED) is 0.479. The second-order valence-electron chi connectivity index (χ2n) is 6.49. The van der Waals surface area contributed by atoms with Gasteiger partial charge in [0.15, 0.2) is 6.61 Å². The average Bonchev–Trinajstić information content (AvgIpc) is 3.14. The monoisotopic (exact) mass is 405 g/mol. The highest BCUT2D eigenvalue weighted by Crippen LogP contribution is 2.36. The number of rotatable bonds is 6. The van der Waals surface area contributed by atoms with Gasteiger partial charge in [0.25, 0.3) is 5.91 Å². The zero-order chi connectivity index (χ0) is 21.1. The molecule has 0 bridgehead atoms. The van der Waals surface area contributed by atoms with Crippen molar-refractivity contribution in [3.8, 4) is 11.5 Å². The van der Waals surface area contributed by atoms with E-state index in [2.05, 4.69) is 10.1 Å². The Hall–Kier alpha value is -4.00. The summed E-state index contributed by atoms with van der Waals surface area (Å²) in [4.78, 5) is 24.0. The molecule has 1 N–H and O–H groups in total. The zero-order valence-electron chi connectivity index (χ0n) is 16.4. The van der Waals surface area contributed by atoms with Crippen molar-refractivity contribution in [1.29, 1.82) is 0 Å². The molecule has 4 rings (SSSR count). The lowest BCUT2D eigenvalue weighted by molar-refractivity contribution is -0.142. The number of anilines is 1. The number of methoxy groups -OCH3 is 2. The molecule has 1 aromatic heterocycles. The number of hydrogen-bond donors (Lipinski definition) is 1. The van der Waals surface area contributed by atoms with E-state index < -0.39 is 5.97 Å². The highest BCUT2D eigenvalue weighted by molar-refractivity contribution is 6.10. The minimum Gasteiger partial charge on any atom is -0.495 e. The van der Waals surface area contributed by atoms with Crippen molar-refractivity contribution in [2.75, 3.05) is 26.1 Å². The van der Waals surface area contributed by atoms with Crippen molar-refractivity contribution in [2.45, 2.75) is 0 Å². The molecule has 30 heavy (non-hydrogen) atoms. The highest BCUT2D eigenvalue weighted by atomic mass is 16.6. The fraction of sp³-hybridized carbons (Fsp3) is 0.130. The van der Waals surface area contributed by atoms with Crippen molar-refractivity contribution in [1.82, 2.24) is 0 Å². The molecule has 7 nitrogen and oxygen atoms in total. The van der Waals surface area contributed by atoms with Crippen molar-refractivity contribution >= 4 is 39.5 Å². The Labute approximate surface area is 172 Å². The van der Waals surface area contributed by atoms with Crippen LogP contribution in [0.3, 0.4) is 0 Å². The van der Waals surface area contributed by atoms with Crippen molar-refractivity contribution in [3.05, 3.63) is 66.2 Å². The van der Waals surface area contributed by atoms with Gasteiger partial charge in [0.2, 0.25) is 0 Å². The van der Waals surface area contributed by atoms with Crippen LogP contribution in [0.25, 0.3) is 21.9 Å². The molecule has 3 aromatic carbocycles. The number of para-hydroxylation sites is 1. The molecule has 0 spiro atoms. The van der Waals surface area contributed by atoms with Crippen LogP contribution >= 0.6 is 0 Å².